The van der Waals surface area contributed by atoms with Gasteiger partial charge < -0.3 is 4.98 Å². The fourth-order valence-electron chi connectivity index (χ4n) is 1.64. The first kappa shape index (κ1) is 9.48. The Balaban J connectivity index is 2.18. The number of imidazole rings is 1. The third-order valence-electron chi connectivity index (χ3n) is 2.44. The van der Waals surface area contributed by atoms with Gasteiger partial charge in [0.15, 0.2) is 0 Å². The molecule has 1 aromatic carbocycles. The molecule has 0 aliphatic rings. The number of fused-ring (bicyclic) bond motifs is 1. The molecule has 80 valence electrons. The third-order valence-corrected chi connectivity index (χ3v) is 2.44. The van der Waals surface area contributed by atoms with Crippen LogP contribution in [-0.4, -0.2) is 19.9 Å². The first-order chi connectivity index (χ1) is 8.36. The Hall–Kier alpha value is -2.74. The van der Waals surface area contributed by atoms with Crippen LogP contribution in [0.15, 0.2) is 36.9 Å². The highest BCUT2D eigenvalue weighted by Crippen LogP contribution is 2.19. The molecule has 0 saturated heterocycles. The van der Waals surface area contributed by atoms with Gasteiger partial charge in [-0.3, -0.25) is 0 Å². The molecule has 5 nitrogen and oxygen atoms in total. The molecule has 1 N–H and O–H groups in total. The molecule has 0 saturated carbocycles. The van der Waals surface area contributed by atoms with Gasteiger partial charge in [0.1, 0.15) is 12.2 Å². The molecule has 2 aromatic heterocycles. The molecule has 0 aliphatic carbocycles. The van der Waals surface area contributed by atoms with Crippen molar-refractivity contribution in [3.63, 3.8) is 0 Å². The summed E-state index contributed by atoms with van der Waals surface area (Å²) in [6.07, 6.45) is 4.85. The molecule has 5 heteroatoms. The van der Waals surface area contributed by atoms with Crippen molar-refractivity contribution in [1.82, 2.24) is 19.9 Å². The maximum Gasteiger partial charge on any atom is 0.141 e. The topological polar surface area (TPSA) is 78.2 Å². The summed E-state index contributed by atoms with van der Waals surface area (Å²) in [5, 5.41) is 8.82. The minimum atomic E-state index is 0.608. The lowest BCUT2D eigenvalue weighted by Crippen LogP contribution is -1.83. The maximum atomic E-state index is 8.82. The highest BCUT2D eigenvalue weighted by atomic mass is 14.9. The highest BCUT2D eigenvalue weighted by molar-refractivity contribution is 5.80. The van der Waals surface area contributed by atoms with E-state index in [1.807, 2.05) is 6.07 Å². The summed E-state index contributed by atoms with van der Waals surface area (Å²) in [5.41, 5.74) is 3.09. The van der Waals surface area contributed by atoms with Gasteiger partial charge in [-0.25, -0.2) is 15.0 Å². The largest absolute Gasteiger partial charge is 0.338 e. The van der Waals surface area contributed by atoms with E-state index in [0.29, 0.717) is 11.4 Å². The smallest absolute Gasteiger partial charge is 0.141 e. The molecule has 0 atom stereocenters. The lowest BCUT2D eigenvalue weighted by molar-refractivity contribution is 1.15. The molecule has 17 heavy (non-hydrogen) atoms. The van der Waals surface area contributed by atoms with Gasteiger partial charge in [0.25, 0.3) is 0 Å². The summed E-state index contributed by atoms with van der Waals surface area (Å²) in [4.78, 5) is 15.4. The van der Waals surface area contributed by atoms with Crippen molar-refractivity contribution in [3.8, 4) is 17.5 Å². The second kappa shape index (κ2) is 3.68. The van der Waals surface area contributed by atoms with E-state index in [9.17, 15) is 0 Å². The molecule has 0 unspecified atom stereocenters. The number of benzene rings is 1. The Labute approximate surface area is 96.8 Å². The predicted octanol–water partition coefficient (Wildman–Crippen LogP) is 1.89. The van der Waals surface area contributed by atoms with Gasteiger partial charge in [0.05, 0.1) is 28.2 Å². The normalized spacial score (nSPS) is 10.3. The molecule has 3 rings (SSSR count). The summed E-state index contributed by atoms with van der Waals surface area (Å²) in [6, 6.07) is 7.43. The van der Waals surface area contributed by atoms with Gasteiger partial charge in [-0.15, -0.1) is 0 Å². The Morgan fingerprint density at radius 3 is 2.76 bits per heavy atom. The van der Waals surface area contributed by atoms with Crippen LogP contribution in [0, 0.1) is 11.3 Å². The average Bonchev–Trinajstić information content (AvgIpc) is 2.82. The Morgan fingerprint density at radius 1 is 1.18 bits per heavy atom. The minimum Gasteiger partial charge on any atom is -0.338 e. The van der Waals surface area contributed by atoms with Gasteiger partial charge in [-0.05, 0) is 18.2 Å². The summed E-state index contributed by atoms with van der Waals surface area (Å²) in [7, 11) is 0. The molecule has 3 aromatic rings. The van der Waals surface area contributed by atoms with Crippen LogP contribution in [0.4, 0.5) is 0 Å². The number of hydrogen-bond donors (Lipinski definition) is 1. The zero-order chi connectivity index (χ0) is 11.7. The Bertz CT molecular complexity index is 709. The first-order valence-corrected chi connectivity index (χ1v) is 5.02. The molecule has 0 radical (unpaired) electrons. The molecule has 2 heterocycles. The summed E-state index contributed by atoms with van der Waals surface area (Å²) < 4.78 is 0. The van der Waals surface area contributed by atoms with E-state index in [-0.39, 0.29) is 0 Å². The monoisotopic (exact) mass is 221 g/mol. The van der Waals surface area contributed by atoms with Gasteiger partial charge in [-0.1, -0.05) is 0 Å². The van der Waals surface area contributed by atoms with E-state index >= 15 is 0 Å². The quantitative estimate of drug-likeness (QED) is 0.680. The first-order valence-electron chi connectivity index (χ1n) is 5.02. The number of aromatic amines is 1. The zero-order valence-corrected chi connectivity index (χ0v) is 8.75. The summed E-state index contributed by atoms with van der Waals surface area (Å²) in [6.45, 7) is 0. The van der Waals surface area contributed by atoms with Crippen LogP contribution in [0.5, 0.6) is 0 Å². The molecule has 0 fully saturated rings. The zero-order valence-electron chi connectivity index (χ0n) is 8.75. The van der Waals surface area contributed by atoms with Crippen LogP contribution in [-0.2, 0) is 0 Å². The Morgan fingerprint density at radius 2 is 2.00 bits per heavy atom. The fraction of sp³-hybridized carbons (Fsp3) is 0. The van der Waals surface area contributed by atoms with Gasteiger partial charge in [0, 0.05) is 12.4 Å². The van der Waals surface area contributed by atoms with Crippen molar-refractivity contribution >= 4 is 11.0 Å². The lowest BCUT2D eigenvalue weighted by Gasteiger charge is -1.91. The van der Waals surface area contributed by atoms with E-state index in [1.54, 1.807) is 24.5 Å². The number of rotatable bonds is 1. The number of nitriles is 1. The van der Waals surface area contributed by atoms with Crippen molar-refractivity contribution < 1.29 is 0 Å². The second-order valence-corrected chi connectivity index (χ2v) is 3.56. The van der Waals surface area contributed by atoms with Crippen molar-refractivity contribution in [2.24, 2.45) is 0 Å². The van der Waals surface area contributed by atoms with Crippen LogP contribution in [0.25, 0.3) is 22.4 Å². The van der Waals surface area contributed by atoms with Crippen LogP contribution >= 0.6 is 0 Å². The van der Waals surface area contributed by atoms with Crippen LogP contribution < -0.4 is 0 Å². The molecule has 0 aliphatic heterocycles. The van der Waals surface area contributed by atoms with Crippen molar-refractivity contribution in [3.05, 3.63) is 42.5 Å². The van der Waals surface area contributed by atoms with Crippen LogP contribution in [0.1, 0.15) is 5.56 Å². The van der Waals surface area contributed by atoms with E-state index in [0.717, 1.165) is 16.6 Å². The summed E-state index contributed by atoms with van der Waals surface area (Å²) >= 11 is 0. The third kappa shape index (κ3) is 1.62. The number of H-pyrrole nitrogens is 1. The van der Waals surface area contributed by atoms with E-state index < -0.39 is 0 Å². The lowest BCUT2D eigenvalue weighted by atomic mass is 10.2. The predicted molar refractivity (Wildman–Crippen MR) is 61.8 cm³/mol. The number of nitrogens with zero attached hydrogens (tertiary/aromatic N) is 4. The molecule has 0 bridgehead atoms. The van der Waals surface area contributed by atoms with Crippen molar-refractivity contribution in [1.29, 1.82) is 5.26 Å². The van der Waals surface area contributed by atoms with E-state index in [2.05, 4.69) is 26.0 Å². The van der Waals surface area contributed by atoms with Gasteiger partial charge in [0.2, 0.25) is 0 Å². The SMILES string of the molecule is N#Cc1ccc2nc(-c3cncnc3)[nH]c2c1. The number of nitrogens with one attached hydrogen (secondary N) is 1. The number of hydrogen-bond acceptors (Lipinski definition) is 4. The van der Waals surface area contributed by atoms with Crippen LogP contribution in [0.2, 0.25) is 0 Å². The molecule has 0 amide bonds. The maximum absolute atomic E-state index is 8.82. The molecular formula is C12H7N5. The van der Waals surface area contributed by atoms with Gasteiger partial charge in [-0.2, -0.15) is 5.26 Å². The van der Waals surface area contributed by atoms with Crippen molar-refractivity contribution in [2.45, 2.75) is 0 Å². The van der Waals surface area contributed by atoms with Crippen LogP contribution in [0.3, 0.4) is 0 Å². The molecule has 0 spiro atoms. The minimum absolute atomic E-state index is 0.608. The standard InChI is InChI=1S/C12H7N5/c13-4-8-1-2-10-11(3-8)17-12(16-10)9-5-14-7-15-6-9/h1-3,5-7H,(H,16,17). The van der Waals surface area contributed by atoms with Gasteiger partial charge >= 0.3 is 0 Å². The fourth-order valence-corrected chi connectivity index (χ4v) is 1.64. The highest BCUT2D eigenvalue weighted by Gasteiger charge is 2.05. The Kier molecular flexibility index (Phi) is 2.06. The van der Waals surface area contributed by atoms with E-state index in [4.69, 9.17) is 5.26 Å². The summed E-state index contributed by atoms with van der Waals surface area (Å²) in [5.74, 6) is 0.704. The van der Waals surface area contributed by atoms with Crippen molar-refractivity contribution in [2.75, 3.05) is 0 Å². The number of aromatic nitrogens is 4. The molecular weight excluding hydrogens is 214 g/mol. The van der Waals surface area contributed by atoms with E-state index in [1.165, 1.54) is 6.33 Å². The average molecular weight is 221 g/mol. The second-order valence-electron chi connectivity index (χ2n) is 3.56.